The summed E-state index contributed by atoms with van der Waals surface area (Å²) in [5.74, 6) is -1.64. The monoisotopic (exact) mass is 404 g/mol. The van der Waals surface area contributed by atoms with Gasteiger partial charge in [-0.05, 0) is 42.3 Å². The van der Waals surface area contributed by atoms with E-state index in [2.05, 4.69) is 5.32 Å². The largest absolute Gasteiger partial charge is 0.372 e. The van der Waals surface area contributed by atoms with Crippen LogP contribution in [0.1, 0.15) is 23.6 Å². The van der Waals surface area contributed by atoms with Crippen LogP contribution in [-0.2, 0) is 21.6 Å². The number of hydrogen-bond donors (Lipinski definition) is 2. The van der Waals surface area contributed by atoms with Crippen molar-refractivity contribution in [1.29, 1.82) is 0 Å². The summed E-state index contributed by atoms with van der Waals surface area (Å²) in [6, 6.07) is 19.5. The Morgan fingerprint density at radius 2 is 1.83 bits per heavy atom. The number of para-hydroxylation sites is 1. The molecule has 1 aliphatic rings. The number of carbonyl (C=O) groups is 2. The molecular weight excluding hydrogens is 383 g/mol. The van der Waals surface area contributed by atoms with Gasteiger partial charge in [-0.15, -0.1) is 0 Å². The van der Waals surface area contributed by atoms with Crippen LogP contribution in [0, 0.1) is 5.82 Å². The molecule has 0 bridgehead atoms. The molecule has 0 fully saturated rings. The molecule has 2 N–H and O–H groups in total. The molecule has 1 aliphatic heterocycles. The zero-order valence-corrected chi connectivity index (χ0v) is 16.4. The first-order chi connectivity index (χ1) is 14.4. The average Bonchev–Trinajstić information content (AvgIpc) is 2.97. The van der Waals surface area contributed by atoms with E-state index in [1.165, 1.54) is 23.1 Å². The predicted octanol–water partition coefficient (Wildman–Crippen LogP) is 3.61. The second-order valence-electron chi connectivity index (χ2n) is 7.23. The van der Waals surface area contributed by atoms with Crippen LogP contribution in [0.15, 0.2) is 72.8 Å². The second-order valence-corrected chi connectivity index (χ2v) is 7.23. The van der Waals surface area contributed by atoms with Gasteiger partial charge in [0.05, 0.1) is 5.69 Å². The lowest BCUT2D eigenvalue weighted by molar-refractivity contribution is -0.133. The van der Waals surface area contributed by atoms with Crippen molar-refractivity contribution in [2.45, 2.75) is 18.9 Å². The lowest BCUT2D eigenvalue weighted by Gasteiger charge is -2.23. The van der Waals surface area contributed by atoms with E-state index in [4.69, 9.17) is 0 Å². The number of fused-ring (bicyclic) bond motifs is 1. The molecule has 0 spiro atoms. The first-order valence-electron chi connectivity index (χ1n) is 9.72. The molecule has 1 atom stereocenters. The molecule has 0 saturated carbocycles. The first kappa shape index (κ1) is 19.8. The van der Waals surface area contributed by atoms with Crippen LogP contribution >= 0.6 is 0 Å². The van der Waals surface area contributed by atoms with Crippen molar-refractivity contribution in [2.75, 3.05) is 16.8 Å². The fraction of sp³-hybridized carbons (Fsp3) is 0.167. The van der Waals surface area contributed by atoms with Gasteiger partial charge >= 0.3 is 0 Å². The fourth-order valence-electron chi connectivity index (χ4n) is 3.80. The topological polar surface area (TPSA) is 69.6 Å². The molecule has 0 saturated heterocycles. The van der Waals surface area contributed by atoms with Crippen molar-refractivity contribution in [1.82, 2.24) is 0 Å². The minimum atomic E-state index is -2.05. The van der Waals surface area contributed by atoms with Gasteiger partial charge in [0, 0.05) is 16.8 Å². The van der Waals surface area contributed by atoms with Crippen molar-refractivity contribution < 1.29 is 19.1 Å². The molecule has 0 aromatic heterocycles. The molecule has 1 heterocycles. The van der Waals surface area contributed by atoms with E-state index in [0.717, 1.165) is 18.1 Å². The summed E-state index contributed by atoms with van der Waals surface area (Å²) >= 11 is 0. The summed E-state index contributed by atoms with van der Waals surface area (Å²) in [6.45, 7) is 1.75. The Hall–Kier alpha value is -3.51. The van der Waals surface area contributed by atoms with Crippen molar-refractivity contribution >= 4 is 23.2 Å². The van der Waals surface area contributed by atoms with Crippen LogP contribution in [0.4, 0.5) is 15.8 Å². The molecule has 0 unspecified atom stereocenters. The number of carbonyl (C=O) groups excluding carboxylic acids is 2. The number of hydrogen-bond acceptors (Lipinski definition) is 3. The van der Waals surface area contributed by atoms with Gasteiger partial charge in [0.2, 0.25) is 5.91 Å². The highest BCUT2D eigenvalue weighted by Crippen LogP contribution is 2.44. The number of aliphatic hydroxyl groups is 1. The van der Waals surface area contributed by atoms with Gasteiger partial charge < -0.3 is 10.4 Å². The summed E-state index contributed by atoms with van der Waals surface area (Å²) in [7, 11) is 0. The van der Waals surface area contributed by atoms with Crippen LogP contribution in [0.25, 0.3) is 0 Å². The Morgan fingerprint density at radius 1 is 1.07 bits per heavy atom. The number of amides is 2. The molecule has 6 heteroatoms. The van der Waals surface area contributed by atoms with Crippen molar-refractivity contribution in [3.63, 3.8) is 0 Å². The van der Waals surface area contributed by atoms with Gasteiger partial charge in [0.15, 0.2) is 5.60 Å². The Labute approximate surface area is 173 Å². The maximum absolute atomic E-state index is 13.8. The third-order valence-electron chi connectivity index (χ3n) is 5.30. The normalized spacial score (nSPS) is 17.7. The van der Waals surface area contributed by atoms with E-state index in [9.17, 15) is 19.1 Å². The standard InChI is InChI=1S/C24H21FN2O3/c1-2-16-7-5-10-19(13-16)26-22(28)15-27-21-12-4-3-11-20(21)24(30,23(27)29)17-8-6-9-18(25)14-17/h3-14,30H,2,15H2,1H3,(H,26,28)/t24-/m1/s1. The molecule has 30 heavy (non-hydrogen) atoms. The van der Waals surface area contributed by atoms with Crippen molar-refractivity contribution in [3.8, 4) is 0 Å². The van der Waals surface area contributed by atoms with Gasteiger partial charge in [0.1, 0.15) is 12.4 Å². The zero-order valence-electron chi connectivity index (χ0n) is 16.4. The lowest BCUT2D eigenvalue weighted by atomic mass is 9.87. The highest BCUT2D eigenvalue weighted by Gasteiger charge is 2.51. The highest BCUT2D eigenvalue weighted by molar-refractivity contribution is 6.12. The van der Waals surface area contributed by atoms with Crippen LogP contribution in [0.2, 0.25) is 0 Å². The molecule has 152 valence electrons. The molecule has 3 aromatic rings. The first-order valence-corrected chi connectivity index (χ1v) is 9.72. The van der Waals surface area contributed by atoms with Crippen LogP contribution in [-0.4, -0.2) is 23.5 Å². The van der Waals surface area contributed by atoms with Gasteiger partial charge in [-0.2, -0.15) is 0 Å². The molecular formula is C24H21FN2O3. The van der Waals surface area contributed by atoms with Crippen molar-refractivity contribution in [2.24, 2.45) is 0 Å². The minimum absolute atomic E-state index is 0.124. The smallest absolute Gasteiger partial charge is 0.268 e. The molecule has 0 aliphatic carbocycles. The Balaban J connectivity index is 1.64. The number of anilines is 2. The number of aryl methyl sites for hydroxylation is 1. The van der Waals surface area contributed by atoms with E-state index in [1.54, 1.807) is 30.3 Å². The quantitative estimate of drug-likeness (QED) is 0.683. The SMILES string of the molecule is CCc1cccc(NC(=O)CN2C(=O)[C@@](O)(c3cccc(F)c3)c3ccccc32)c1. The third kappa shape index (κ3) is 3.35. The summed E-state index contributed by atoms with van der Waals surface area (Å²) in [6.07, 6.45) is 0.836. The maximum atomic E-state index is 13.8. The summed E-state index contributed by atoms with van der Waals surface area (Å²) in [5.41, 5.74) is 0.531. The van der Waals surface area contributed by atoms with E-state index in [0.29, 0.717) is 16.9 Å². The Bertz CT molecular complexity index is 1130. The molecule has 2 amide bonds. The second kappa shape index (κ2) is 7.72. The molecule has 4 rings (SSSR count). The minimum Gasteiger partial charge on any atom is -0.372 e. The van der Waals surface area contributed by atoms with Gasteiger partial charge in [-0.1, -0.05) is 49.4 Å². The maximum Gasteiger partial charge on any atom is 0.268 e. The third-order valence-corrected chi connectivity index (χ3v) is 5.30. The number of rotatable bonds is 5. The van der Waals surface area contributed by atoms with Crippen LogP contribution in [0.3, 0.4) is 0 Å². The molecule has 5 nitrogen and oxygen atoms in total. The van der Waals surface area contributed by atoms with Gasteiger partial charge in [-0.3, -0.25) is 14.5 Å². The summed E-state index contributed by atoms with van der Waals surface area (Å²) in [4.78, 5) is 27.2. The van der Waals surface area contributed by atoms with Crippen LogP contribution < -0.4 is 10.2 Å². The van der Waals surface area contributed by atoms with E-state index in [-0.39, 0.29) is 12.1 Å². The number of halogens is 1. The number of nitrogens with zero attached hydrogens (tertiary/aromatic N) is 1. The molecule has 0 radical (unpaired) electrons. The number of nitrogens with one attached hydrogen (secondary N) is 1. The lowest BCUT2D eigenvalue weighted by Crippen LogP contribution is -2.44. The molecule has 3 aromatic carbocycles. The van der Waals surface area contributed by atoms with Crippen molar-refractivity contribution in [3.05, 3.63) is 95.3 Å². The number of benzene rings is 3. The van der Waals surface area contributed by atoms with E-state index >= 15 is 0 Å². The predicted molar refractivity (Wildman–Crippen MR) is 113 cm³/mol. The Kier molecular flexibility index (Phi) is 5.10. The summed E-state index contributed by atoms with van der Waals surface area (Å²) < 4.78 is 13.8. The van der Waals surface area contributed by atoms with Gasteiger partial charge in [0.25, 0.3) is 5.91 Å². The Morgan fingerprint density at radius 3 is 2.60 bits per heavy atom. The zero-order chi connectivity index (χ0) is 21.3. The van der Waals surface area contributed by atoms with Crippen LogP contribution in [0.5, 0.6) is 0 Å². The average molecular weight is 404 g/mol. The highest BCUT2D eigenvalue weighted by atomic mass is 19.1. The van der Waals surface area contributed by atoms with E-state index < -0.39 is 23.2 Å². The fourth-order valence-corrected chi connectivity index (χ4v) is 3.80. The summed E-state index contributed by atoms with van der Waals surface area (Å²) in [5, 5.41) is 14.2. The van der Waals surface area contributed by atoms with Gasteiger partial charge in [-0.25, -0.2) is 4.39 Å². The van der Waals surface area contributed by atoms with E-state index in [1.807, 2.05) is 25.1 Å².